The highest BCUT2D eigenvalue weighted by Gasteiger charge is 2.58. The molecule has 0 radical (unpaired) electrons. The molecule has 1 atom stereocenters. The van der Waals surface area contributed by atoms with Gasteiger partial charge in [0.25, 0.3) is 0 Å². The number of pyridine rings is 1. The number of rotatable bonds is 9. The van der Waals surface area contributed by atoms with Crippen LogP contribution in [-0.2, 0) is 31.1 Å². The zero-order valence-electron chi connectivity index (χ0n) is 24.4. The molecule has 8 nitrogen and oxygen atoms in total. The summed E-state index contributed by atoms with van der Waals surface area (Å²) in [5.41, 5.74) is -4.70. The number of benzene rings is 3. The van der Waals surface area contributed by atoms with Crippen LogP contribution in [0.2, 0.25) is 0 Å². The molecule has 0 aliphatic carbocycles. The van der Waals surface area contributed by atoms with Crippen LogP contribution < -0.4 is 4.74 Å². The van der Waals surface area contributed by atoms with Crippen LogP contribution in [0.4, 0.5) is 26.3 Å². The fourth-order valence-corrected chi connectivity index (χ4v) is 4.71. The van der Waals surface area contributed by atoms with E-state index in [1.165, 1.54) is 0 Å². The highest BCUT2D eigenvalue weighted by Crippen LogP contribution is 2.46. The largest absolute Gasteiger partial charge is 0.488 e. The molecular formula is C33H22F6N6O2. The summed E-state index contributed by atoms with van der Waals surface area (Å²) in [6.07, 6.45) is 1.95. The van der Waals surface area contributed by atoms with Gasteiger partial charge in [-0.25, -0.2) is 22.2 Å². The van der Waals surface area contributed by atoms with Gasteiger partial charge in [0.1, 0.15) is 47.6 Å². The average Bonchev–Trinajstić information content (AvgIpc) is 3.56. The van der Waals surface area contributed by atoms with Crippen molar-refractivity contribution in [1.29, 1.82) is 5.26 Å². The number of aliphatic hydroxyl groups is 1. The van der Waals surface area contributed by atoms with Gasteiger partial charge in [0.05, 0.1) is 23.7 Å². The molecule has 0 fully saturated rings. The van der Waals surface area contributed by atoms with E-state index in [0.717, 1.165) is 35.4 Å². The fourth-order valence-electron chi connectivity index (χ4n) is 4.71. The second-order valence-electron chi connectivity index (χ2n) is 10.2. The molecule has 2 heterocycles. The zero-order chi connectivity index (χ0) is 33.8. The molecule has 0 aliphatic rings. The number of alkyl halides is 2. The van der Waals surface area contributed by atoms with E-state index in [1.807, 2.05) is 6.07 Å². The SMILES string of the molecule is CCc1c(OCc2ccc(C#N)cc2)cc(F)c(C#Cc2ccc(C(F)(F)[C@@](O)(Cn3cnnn3)c3ccc(F)cc3F)nc2)c1F. The van der Waals surface area contributed by atoms with Gasteiger partial charge >= 0.3 is 5.92 Å². The maximum atomic E-state index is 16.0. The molecule has 2 aromatic heterocycles. The molecule has 0 bridgehead atoms. The number of halogens is 6. The number of nitrogens with zero attached hydrogens (tertiary/aromatic N) is 6. The highest BCUT2D eigenvalue weighted by atomic mass is 19.3. The van der Waals surface area contributed by atoms with Crippen LogP contribution in [0, 0.1) is 46.4 Å². The predicted octanol–water partition coefficient (Wildman–Crippen LogP) is 5.72. The van der Waals surface area contributed by atoms with E-state index in [2.05, 4.69) is 32.4 Å². The van der Waals surface area contributed by atoms with E-state index in [9.17, 15) is 13.9 Å². The predicted molar refractivity (Wildman–Crippen MR) is 153 cm³/mol. The van der Waals surface area contributed by atoms with E-state index in [1.54, 1.807) is 31.2 Å². The van der Waals surface area contributed by atoms with Crippen molar-refractivity contribution in [3.05, 3.63) is 136 Å². The smallest absolute Gasteiger partial charge is 0.323 e. The first-order valence-corrected chi connectivity index (χ1v) is 13.8. The van der Waals surface area contributed by atoms with Crippen LogP contribution in [0.3, 0.4) is 0 Å². The first-order valence-electron chi connectivity index (χ1n) is 13.8. The molecule has 5 rings (SSSR count). The minimum atomic E-state index is -4.30. The van der Waals surface area contributed by atoms with E-state index in [0.29, 0.717) is 29.3 Å². The van der Waals surface area contributed by atoms with Crippen LogP contribution in [-0.4, -0.2) is 30.3 Å². The Hall–Kier alpha value is -5.73. The van der Waals surface area contributed by atoms with Gasteiger partial charge in [0, 0.05) is 35.0 Å². The lowest BCUT2D eigenvalue weighted by Gasteiger charge is -2.35. The number of hydrogen-bond donors (Lipinski definition) is 1. The van der Waals surface area contributed by atoms with Gasteiger partial charge in [-0.15, -0.1) is 5.10 Å². The molecule has 47 heavy (non-hydrogen) atoms. The van der Waals surface area contributed by atoms with E-state index in [4.69, 9.17) is 10.00 Å². The van der Waals surface area contributed by atoms with Gasteiger partial charge < -0.3 is 9.84 Å². The molecule has 0 aliphatic heterocycles. The number of nitriles is 1. The van der Waals surface area contributed by atoms with Crippen molar-refractivity contribution in [2.45, 2.75) is 38.0 Å². The second-order valence-corrected chi connectivity index (χ2v) is 10.2. The molecule has 1 N–H and O–H groups in total. The van der Waals surface area contributed by atoms with Crippen molar-refractivity contribution in [1.82, 2.24) is 25.2 Å². The Labute approximate surface area is 263 Å². The van der Waals surface area contributed by atoms with Crippen LogP contribution in [0.15, 0.2) is 73.2 Å². The van der Waals surface area contributed by atoms with Crippen molar-refractivity contribution in [3.63, 3.8) is 0 Å². The number of hydrogen-bond acceptors (Lipinski definition) is 7. The van der Waals surface area contributed by atoms with Crippen LogP contribution in [0.1, 0.15) is 46.0 Å². The lowest BCUT2D eigenvalue weighted by molar-refractivity contribution is -0.207. The fraction of sp³-hybridized carbons (Fsp3) is 0.182. The van der Waals surface area contributed by atoms with Crippen molar-refractivity contribution in [2.24, 2.45) is 0 Å². The molecule has 0 amide bonds. The minimum absolute atomic E-state index is 0.0100. The normalized spacial score (nSPS) is 12.5. The lowest BCUT2D eigenvalue weighted by Crippen LogP contribution is -2.48. The molecule has 5 aromatic rings. The lowest BCUT2D eigenvalue weighted by atomic mass is 9.84. The Morgan fingerprint density at radius 1 is 0.936 bits per heavy atom. The number of tetrazole rings is 1. The van der Waals surface area contributed by atoms with Crippen molar-refractivity contribution in [2.75, 3.05) is 0 Å². The topological polar surface area (TPSA) is 110 Å². The number of aromatic nitrogens is 5. The summed E-state index contributed by atoms with van der Waals surface area (Å²) in [7, 11) is 0. The van der Waals surface area contributed by atoms with Crippen molar-refractivity contribution < 1.29 is 36.2 Å². The summed E-state index contributed by atoms with van der Waals surface area (Å²) in [5.74, 6) is -3.95. The van der Waals surface area contributed by atoms with E-state index < -0.39 is 58.2 Å². The van der Waals surface area contributed by atoms with Gasteiger partial charge in [-0.2, -0.15) is 14.0 Å². The molecule has 3 aromatic carbocycles. The Morgan fingerprint density at radius 3 is 2.30 bits per heavy atom. The molecule has 238 valence electrons. The van der Waals surface area contributed by atoms with E-state index >= 15 is 17.6 Å². The van der Waals surface area contributed by atoms with E-state index in [-0.39, 0.29) is 29.9 Å². The van der Waals surface area contributed by atoms with Gasteiger partial charge in [-0.1, -0.05) is 30.9 Å². The molecular weight excluding hydrogens is 626 g/mol. The van der Waals surface area contributed by atoms with Gasteiger partial charge in [0.2, 0.25) is 0 Å². The Morgan fingerprint density at radius 2 is 1.68 bits per heavy atom. The summed E-state index contributed by atoms with van der Waals surface area (Å²) in [6, 6.07) is 13.1. The molecule has 14 heteroatoms. The summed E-state index contributed by atoms with van der Waals surface area (Å²) in [5, 5.41) is 30.3. The second kappa shape index (κ2) is 13.3. The van der Waals surface area contributed by atoms with Gasteiger partial charge in [-0.3, -0.25) is 4.98 Å². The summed E-state index contributed by atoms with van der Waals surface area (Å²) in [4.78, 5) is 3.69. The molecule has 0 unspecified atom stereocenters. The Kier molecular flexibility index (Phi) is 9.26. The maximum Gasteiger partial charge on any atom is 0.323 e. The standard InChI is InChI=1S/C33H22F6N6O2/c1-2-24-29(47-17-22-5-3-20(15-40)4-6-22)14-27(35)25(31(24)37)10-7-21-8-12-30(41-16-21)33(38,39)32(46,18-45-19-42-43-44-45)26-11-9-23(34)13-28(26)36/h3-6,8-9,11-14,16,19,46H,2,17-18H2,1H3/t32-/m1/s1. The average molecular weight is 649 g/mol. The first-order chi connectivity index (χ1) is 22.5. The van der Waals surface area contributed by atoms with Crippen molar-refractivity contribution in [3.8, 4) is 23.7 Å². The monoisotopic (exact) mass is 648 g/mol. The highest BCUT2D eigenvalue weighted by molar-refractivity contribution is 5.50. The van der Waals surface area contributed by atoms with Crippen molar-refractivity contribution >= 4 is 0 Å². The van der Waals surface area contributed by atoms with Crippen LogP contribution in [0.5, 0.6) is 5.75 Å². The van der Waals surface area contributed by atoms with Gasteiger partial charge in [0.15, 0.2) is 5.60 Å². The first kappa shape index (κ1) is 32.7. The van der Waals surface area contributed by atoms with Gasteiger partial charge in [-0.05, 0) is 58.8 Å². The summed E-state index contributed by atoms with van der Waals surface area (Å²) < 4.78 is 97.0. The maximum absolute atomic E-state index is 16.0. The molecule has 0 spiro atoms. The third-order valence-electron chi connectivity index (χ3n) is 7.20. The zero-order valence-corrected chi connectivity index (χ0v) is 24.4. The van der Waals surface area contributed by atoms with Crippen LogP contribution in [0.25, 0.3) is 0 Å². The minimum Gasteiger partial charge on any atom is -0.488 e. The quantitative estimate of drug-likeness (QED) is 0.161. The summed E-state index contributed by atoms with van der Waals surface area (Å²) in [6.45, 7) is 0.595. The molecule has 0 saturated carbocycles. The Balaban J connectivity index is 1.41. The summed E-state index contributed by atoms with van der Waals surface area (Å²) >= 11 is 0. The number of ether oxygens (including phenoxy) is 1. The third-order valence-corrected chi connectivity index (χ3v) is 7.20. The Bertz CT molecular complexity index is 2000. The van der Waals surface area contributed by atoms with Crippen LogP contribution >= 0.6 is 0 Å². The third kappa shape index (κ3) is 6.64. The molecule has 0 saturated heterocycles.